The fourth-order valence-corrected chi connectivity index (χ4v) is 6.75. The van der Waals surface area contributed by atoms with E-state index in [1.54, 1.807) is 23.9 Å². The van der Waals surface area contributed by atoms with Crippen molar-refractivity contribution in [3.63, 3.8) is 0 Å². The van der Waals surface area contributed by atoms with E-state index in [1.807, 2.05) is 35.9 Å². The van der Waals surface area contributed by atoms with Crippen molar-refractivity contribution in [3.05, 3.63) is 65.4 Å². The molecule has 2 aliphatic rings. The molecule has 0 bridgehead atoms. The number of allylic oxidation sites excluding steroid dienone is 2. The highest BCUT2D eigenvalue weighted by atomic mass is 32.1. The van der Waals surface area contributed by atoms with Gasteiger partial charge in [0.15, 0.2) is 0 Å². The fourth-order valence-electron chi connectivity index (χ4n) is 5.83. The number of aliphatic hydroxyl groups is 1. The highest BCUT2D eigenvalue weighted by Crippen LogP contribution is 2.55. The topological polar surface area (TPSA) is 101 Å². The predicted molar refractivity (Wildman–Crippen MR) is 126 cm³/mol. The van der Waals surface area contributed by atoms with Crippen molar-refractivity contribution in [2.45, 2.75) is 38.5 Å². The molecule has 0 spiro atoms. The molecule has 4 aromatic rings. The Bertz CT molecular complexity index is 1430. The molecule has 1 N–H and O–H groups in total. The van der Waals surface area contributed by atoms with Crippen LogP contribution in [0.15, 0.2) is 54.2 Å². The Balaban J connectivity index is 1.64. The van der Waals surface area contributed by atoms with Gasteiger partial charge in [-0.25, -0.2) is 19.6 Å². The molecule has 33 heavy (non-hydrogen) atoms. The van der Waals surface area contributed by atoms with Crippen LogP contribution in [0.4, 0.5) is 0 Å². The second kappa shape index (κ2) is 7.22. The van der Waals surface area contributed by atoms with E-state index in [-0.39, 0.29) is 23.0 Å². The highest BCUT2D eigenvalue weighted by Gasteiger charge is 2.51. The van der Waals surface area contributed by atoms with E-state index in [9.17, 15) is 10.4 Å². The van der Waals surface area contributed by atoms with Gasteiger partial charge in [0, 0.05) is 23.1 Å². The molecule has 8 heteroatoms. The lowest BCUT2D eigenvalue weighted by atomic mass is 9.56. The van der Waals surface area contributed by atoms with E-state index >= 15 is 0 Å². The first-order chi connectivity index (χ1) is 16.0. The van der Waals surface area contributed by atoms with E-state index in [0.29, 0.717) is 12.0 Å². The monoisotopic (exact) mass is 454 g/mol. The molecule has 3 atom stereocenters. The summed E-state index contributed by atoms with van der Waals surface area (Å²) in [6, 6.07) is 12.2. The third-order valence-corrected chi connectivity index (χ3v) is 8.37. The van der Waals surface area contributed by atoms with Crippen molar-refractivity contribution >= 4 is 21.6 Å². The van der Waals surface area contributed by atoms with Crippen molar-refractivity contribution in [2.24, 2.45) is 11.8 Å². The maximum Gasteiger partial charge on any atom is 0.211 e. The van der Waals surface area contributed by atoms with Crippen LogP contribution in [0, 0.1) is 23.2 Å². The second-order valence-corrected chi connectivity index (χ2v) is 10.2. The quantitative estimate of drug-likeness (QED) is 0.450. The van der Waals surface area contributed by atoms with E-state index in [0.717, 1.165) is 50.8 Å². The van der Waals surface area contributed by atoms with Crippen LogP contribution in [0.3, 0.4) is 0 Å². The summed E-state index contributed by atoms with van der Waals surface area (Å²) < 4.78 is 3.08. The van der Waals surface area contributed by atoms with Crippen LogP contribution in [-0.2, 0) is 11.8 Å². The van der Waals surface area contributed by atoms with Gasteiger partial charge in [0.1, 0.15) is 17.8 Å². The molecule has 6 rings (SSSR count). The summed E-state index contributed by atoms with van der Waals surface area (Å²) in [5.74, 6) is 0.350. The average molecular weight is 455 g/mol. The van der Waals surface area contributed by atoms with Gasteiger partial charge in [-0.1, -0.05) is 37.3 Å². The number of aromatic nitrogens is 5. The van der Waals surface area contributed by atoms with Crippen LogP contribution in [0.25, 0.3) is 26.7 Å². The Morgan fingerprint density at radius 3 is 2.88 bits per heavy atom. The van der Waals surface area contributed by atoms with Crippen molar-refractivity contribution in [3.8, 4) is 22.6 Å². The molecule has 0 amide bonds. The summed E-state index contributed by atoms with van der Waals surface area (Å²) in [4.78, 5) is 13.5. The minimum Gasteiger partial charge on any atom is -0.511 e. The summed E-state index contributed by atoms with van der Waals surface area (Å²) in [6.45, 7) is 4.24. The normalized spacial score (nSPS) is 24.4. The van der Waals surface area contributed by atoms with Gasteiger partial charge in [0.05, 0.1) is 33.2 Å². The van der Waals surface area contributed by atoms with Crippen LogP contribution in [0.1, 0.15) is 37.9 Å². The number of rotatable bonds is 2. The molecule has 1 aromatic carbocycles. The average Bonchev–Trinajstić information content (AvgIpc) is 3.44. The lowest BCUT2D eigenvalue weighted by Crippen LogP contribution is -2.45. The first-order valence-corrected chi connectivity index (χ1v) is 11.9. The Morgan fingerprint density at radius 2 is 2.12 bits per heavy atom. The van der Waals surface area contributed by atoms with Crippen LogP contribution < -0.4 is 0 Å². The first kappa shape index (κ1) is 20.1. The van der Waals surface area contributed by atoms with Gasteiger partial charge in [-0.2, -0.15) is 10.4 Å². The van der Waals surface area contributed by atoms with Crippen LogP contribution in [-0.4, -0.2) is 29.8 Å². The number of nitriles is 1. The minimum absolute atomic E-state index is 0.0900. The van der Waals surface area contributed by atoms with Gasteiger partial charge in [-0.05, 0) is 43.4 Å². The zero-order chi connectivity index (χ0) is 22.7. The summed E-state index contributed by atoms with van der Waals surface area (Å²) in [7, 11) is 0. The Labute approximate surface area is 195 Å². The molecule has 0 saturated heterocycles. The summed E-state index contributed by atoms with van der Waals surface area (Å²) in [6.07, 6.45) is 5.51. The summed E-state index contributed by atoms with van der Waals surface area (Å²) in [5.41, 5.74) is 4.91. The molecule has 2 aliphatic carbocycles. The first-order valence-electron chi connectivity index (χ1n) is 11.1. The molecular formula is C25H22N6OS. The van der Waals surface area contributed by atoms with Crippen molar-refractivity contribution in [1.29, 1.82) is 5.26 Å². The number of hydrogen-bond donors (Lipinski definition) is 1. The van der Waals surface area contributed by atoms with Crippen molar-refractivity contribution in [1.82, 2.24) is 24.7 Å². The van der Waals surface area contributed by atoms with Crippen LogP contribution in [0.2, 0.25) is 0 Å². The number of hydrogen-bond acceptors (Lipinski definition) is 7. The van der Waals surface area contributed by atoms with Gasteiger partial charge in [-0.15, -0.1) is 0 Å². The minimum atomic E-state index is -0.361. The molecule has 3 heterocycles. The van der Waals surface area contributed by atoms with E-state index in [4.69, 9.17) is 10.1 Å². The standard InChI is InChI=1S/C25H22N6OS/c1-14-17-8-7-16-21(19-9-10-27-13-28-19)30-31(24-29-18-5-3-4-6-20(18)33-24)23(16)25(17,2)11-15(12-26)22(14)32/h3-6,9-10,13-14,17,32H,7-8,11H2,1-2H3/t14-,17-,25-/m1/s1. The largest absolute Gasteiger partial charge is 0.511 e. The van der Waals surface area contributed by atoms with Crippen LogP contribution >= 0.6 is 11.3 Å². The van der Waals surface area contributed by atoms with Gasteiger partial charge < -0.3 is 5.11 Å². The molecule has 3 aromatic heterocycles. The number of nitrogens with zero attached hydrogens (tertiary/aromatic N) is 6. The van der Waals surface area contributed by atoms with Crippen molar-refractivity contribution in [2.75, 3.05) is 0 Å². The zero-order valence-electron chi connectivity index (χ0n) is 18.4. The summed E-state index contributed by atoms with van der Waals surface area (Å²) >= 11 is 1.61. The molecule has 0 saturated carbocycles. The van der Waals surface area contributed by atoms with E-state index in [2.05, 4.69) is 29.0 Å². The molecular weight excluding hydrogens is 432 g/mol. The third-order valence-electron chi connectivity index (χ3n) is 7.36. The van der Waals surface area contributed by atoms with E-state index < -0.39 is 0 Å². The molecule has 0 radical (unpaired) electrons. The van der Waals surface area contributed by atoms with Gasteiger partial charge in [0.2, 0.25) is 5.13 Å². The molecule has 0 fully saturated rings. The SMILES string of the molecule is C[C@H]1C(O)=C(C#N)C[C@@]2(C)c3c(c(-c4ccncn4)nn3-c3nc4ccccc4s3)CC[C@H]12. The number of benzene rings is 1. The predicted octanol–water partition coefficient (Wildman–Crippen LogP) is 5.13. The molecule has 0 aliphatic heterocycles. The Hall–Kier alpha value is -3.57. The maximum absolute atomic E-state index is 10.7. The van der Waals surface area contributed by atoms with E-state index in [1.165, 1.54) is 0 Å². The Morgan fingerprint density at radius 1 is 1.27 bits per heavy atom. The third kappa shape index (κ3) is 2.85. The second-order valence-electron chi connectivity index (χ2n) is 9.15. The fraction of sp³-hybridized carbons (Fsp3) is 0.320. The lowest BCUT2D eigenvalue weighted by molar-refractivity contribution is 0.134. The van der Waals surface area contributed by atoms with Gasteiger partial charge in [0.25, 0.3) is 0 Å². The zero-order valence-corrected chi connectivity index (χ0v) is 19.2. The highest BCUT2D eigenvalue weighted by molar-refractivity contribution is 7.20. The number of fused-ring (bicyclic) bond motifs is 4. The number of aliphatic hydroxyl groups excluding tert-OH is 1. The molecule has 164 valence electrons. The molecule has 0 unspecified atom stereocenters. The molecule has 7 nitrogen and oxygen atoms in total. The van der Waals surface area contributed by atoms with Crippen molar-refractivity contribution < 1.29 is 5.11 Å². The lowest BCUT2D eigenvalue weighted by Gasteiger charge is -2.47. The smallest absolute Gasteiger partial charge is 0.211 e. The Kier molecular flexibility index (Phi) is 4.39. The number of thiazole rings is 1. The number of para-hydroxylation sites is 1. The van der Waals surface area contributed by atoms with Gasteiger partial charge in [-0.3, -0.25) is 0 Å². The summed E-state index contributed by atoms with van der Waals surface area (Å²) in [5, 5.41) is 26.4. The van der Waals surface area contributed by atoms with Gasteiger partial charge >= 0.3 is 0 Å². The van der Waals surface area contributed by atoms with Crippen LogP contribution in [0.5, 0.6) is 0 Å². The maximum atomic E-state index is 10.7.